The SMILES string of the molecule is CCOC(=O)CCCNC(=NC)NCc1ccccc1-n1nc(C)cc1C. The van der Waals surface area contributed by atoms with Crippen molar-refractivity contribution < 1.29 is 9.53 Å². The molecule has 7 heteroatoms. The Labute approximate surface area is 160 Å². The van der Waals surface area contributed by atoms with Crippen LogP contribution in [0.4, 0.5) is 0 Å². The molecule has 2 rings (SSSR count). The molecule has 0 unspecified atom stereocenters. The van der Waals surface area contributed by atoms with Crippen LogP contribution >= 0.6 is 0 Å². The Morgan fingerprint density at radius 2 is 2.04 bits per heavy atom. The van der Waals surface area contributed by atoms with Crippen LogP contribution in [0, 0.1) is 13.8 Å². The molecule has 1 heterocycles. The topological polar surface area (TPSA) is 80.5 Å². The van der Waals surface area contributed by atoms with Gasteiger partial charge in [0.25, 0.3) is 0 Å². The van der Waals surface area contributed by atoms with E-state index in [4.69, 9.17) is 4.74 Å². The Morgan fingerprint density at radius 3 is 2.70 bits per heavy atom. The van der Waals surface area contributed by atoms with Crippen molar-refractivity contribution >= 4 is 11.9 Å². The molecule has 146 valence electrons. The fourth-order valence-electron chi connectivity index (χ4n) is 2.81. The van der Waals surface area contributed by atoms with Crippen molar-refractivity contribution in [1.82, 2.24) is 20.4 Å². The van der Waals surface area contributed by atoms with E-state index in [0.717, 1.165) is 22.6 Å². The average molecular weight is 371 g/mol. The summed E-state index contributed by atoms with van der Waals surface area (Å²) in [6.45, 7) is 7.54. The van der Waals surface area contributed by atoms with Crippen LogP contribution < -0.4 is 10.6 Å². The summed E-state index contributed by atoms with van der Waals surface area (Å²) in [6, 6.07) is 10.2. The van der Waals surface area contributed by atoms with E-state index in [1.165, 1.54) is 0 Å². The van der Waals surface area contributed by atoms with Gasteiger partial charge in [0, 0.05) is 32.3 Å². The van der Waals surface area contributed by atoms with E-state index >= 15 is 0 Å². The highest BCUT2D eigenvalue weighted by Crippen LogP contribution is 2.16. The predicted molar refractivity (Wildman–Crippen MR) is 107 cm³/mol. The van der Waals surface area contributed by atoms with Crippen molar-refractivity contribution in [3.8, 4) is 5.69 Å². The number of nitrogens with zero attached hydrogens (tertiary/aromatic N) is 3. The summed E-state index contributed by atoms with van der Waals surface area (Å²) >= 11 is 0. The van der Waals surface area contributed by atoms with Crippen LogP contribution in [0.3, 0.4) is 0 Å². The maximum absolute atomic E-state index is 11.4. The molecule has 1 aromatic heterocycles. The second-order valence-corrected chi connectivity index (χ2v) is 6.23. The number of carbonyl (C=O) groups is 1. The fourth-order valence-corrected chi connectivity index (χ4v) is 2.81. The van der Waals surface area contributed by atoms with E-state index in [1.807, 2.05) is 37.6 Å². The molecule has 2 aromatic rings. The van der Waals surface area contributed by atoms with Crippen molar-refractivity contribution in [1.29, 1.82) is 0 Å². The summed E-state index contributed by atoms with van der Waals surface area (Å²) in [5.74, 6) is 0.531. The molecule has 0 saturated heterocycles. The second-order valence-electron chi connectivity index (χ2n) is 6.23. The third-order valence-corrected chi connectivity index (χ3v) is 4.05. The summed E-state index contributed by atoms with van der Waals surface area (Å²) in [6.07, 6.45) is 1.10. The third kappa shape index (κ3) is 6.13. The highest BCUT2D eigenvalue weighted by atomic mass is 16.5. The predicted octanol–water partition coefficient (Wildman–Crippen LogP) is 2.50. The van der Waals surface area contributed by atoms with Gasteiger partial charge in [-0.1, -0.05) is 18.2 Å². The van der Waals surface area contributed by atoms with Crippen molar-refractivity contribution in [3.05, 3.63) is 47.3 Å². The molecule has 27 heavy (non-hydrogen) atoms. The maximum atomic E-state index is 11.4. The van der Waals surface area contributed by atoms with Gasteiger partial charge in [-0.25, -0.2) is 4.68 Å². The molecule has 2 N–H and O–H groups in total. The van der Waals surface area contributed by atoms with Gasteiger partial charge in [-0.3, -0.25) is 9.79 Å². The zero-order chi connectivity index (χ0) is 19.6. The van der Waals surface area contributed by atoms with E-state index in [0.29, 0.717) is 38.5 Å². The van der Waals surface area contributed by atoms with Crippen LogP contribution in [0.15, 0.2) is 35.3 Å². The number of hydrogen-bond acceptors (Lipinski definition) is 4. The van der Waals surface area contributed by atoms with Gasteiger partial charge in [-0.05, 0) is 44.9 Å². The van der Waals surface area contributed by atoms with Crippen LogP contribution in [0.5, 0.6) is 0 Å². The van der Waals surface area contributed by atoms with Crippen LogP contribution in [0.1, 0.15) is 36.7 Å². The van der Waals surface area contributed by atoms with Crippen molar-refractivity contribution in [3.63, 3.8) is 0 Å². The summed E-state index contributed by atoms with van der Waals surface area (Å²) in [5, 5.41) is 11.1. The molecule has 7 nitrogen and oxygen atoms in total. The van der Waals surface area contributed by atoms with Gasteiger partial charge in [0.15, 0.2) is 5.96 Å². The molecule has 0 saturated carbocycles. The molecule has 0 atom stereocenters. The van der Waals surface area contributed by atoms with Crippen molar-refractivity contribution in [2.24, 2.45) is 4.99 Å². The molecule has 0 aliphatic heterocycles. The molecule has 0 spiro atoms. The molecule has 0 aliphatic rings. The van der Waals surface area contributed by atoms with Gasteiger partial charge < -0.3 is 15.4 Å². The number of para-hydroxylation sites is 1. The first-order valence-electron chi connectivity index (χ1n) is 9.26. The van der Waals surface area contributed by atoms with Gasteiger partial charge >= 0.3 is 5.97 Å². The number of esters is 1. The number of aromatic nitrogens is 2. The van der Waals surface area contributed by atoms with Gasteiger partial charge in [0.1, 0.15) is 0 Å². The Hall–Kier alpha value is -2.83. The lowest BCUT2D eigenvalue weighted by atomic mass is 10.1. The zero-order valence-electron chi connectivity index (χ0n) is 16.6. The molecular formula is C20H29N5O2. The third-order valence-electron chi connectivity index (χ3n) is 4.05. The van der Waals surface area contributed by atoms with Crippen LogP contribution in [-0.4, -0.2) is 41.9 Å². The second kappa shape index (κ2) is 10.4. The zero-order valence-corrected chi connectivity index (χ0v) is 16.6. The Bertz CT molecular complexity index is 782. The maximum Gasteiger partial charge on any atom is 0.305 e. The molecule has 0 radical (unpaired) electrons. The summed E-state index contributed by atoms with van der Waals surface area (Å²) in [7, 11) is 1.73. The first-order chi connectivity index (χ1) is 13.0. The highest BCUT2D eigenvalue weighted by Gasteiger charge is 2.09. The first-order valence-corrected chi connectivity index (χ1v) is 9.26. The van der Waals surface area contributed by atoms with Crippen molar-refractivity contribution in [2.45, 2.75) is 40.2 Å². The van der Waals surface area contributed by atoms with Gasteiger partial charge in [-0.2, -0.15) is 5.10 Å². The number of aryl methyl sites for hydroxylation is 2. The van der Waals surface area contributed by atoms with Crippen LogP contribution in [-0.2, 0) is 16.1 Å². The van der Waals surface area contributed by atoms with E-state index < -0.39 is 0 Å². The minimum atomic E-state index is -0.166. The quantitative estimate of drug-likeness (QED) is 0.323. The summed E-state index contributed by atoms with van der Waals surface area (Å²) < 4.78 is 6.89. The standard InChI is InChI=1S/C20H29N5O2/c1-5-27-19(26)11-8-12-22-20(21-4)23-14-17-9-6-7-10-18(17)25-16(3)13-15(2)24-25/h6-7,9-10,13H,5,8,11-12,14H2,1-4H3,(H2,21,22,23). The van der Waals surface area contributed by atoms with E-state index in [-0.39, 0.29) is 5.97 Å². The number of carbonyl (C=O) groups excluding carboxylic acids is 1. The molecule has 1 aromatic carbocycles. The minimum Gasteiger partial charge on any atom is -0.466 e. The average Bonchev–Trinajstić information content (AvgIpc) is 2.99. The molecule has 0 bridgehead atoms. The Balaban J connectivity index is 1.92. The largest absolute Gasteiger partial charge is 0.466 e. The van der Waals surface area contributed by atoms with Gasteiger partial charge in [0.05, 0.1) is 18.0 Å². The number of ether oxygens (including phenoxy) is 1. The number of hydrogen-bond donors (Lipinski definition) is 2. The normalized spacial score (nSPS) is 11.3. The first kappa shape index (κ1) is 20.5. The van der Waals surface area contributed by atoms with Crippen LogP contribution in [0.25, 0.3) is 5.69 Å². The lowest BCUT2D eigenvalue weighted by molar-refractivity contribution is -0.143. The lowest BCUT2D eigenvalue weighted by Gasteiger charge is -2.15. The van der Waals surface area contributed by atoms with E-state index in [9.17, 15) is 4.79 Å². The van der Waals surface area contributed by atoms with E-state index in [1.54, 1.807) is 7.05 Å². The molecule has 0 fully saturated rings. The monoisotopic (exact) mass is 371 g/mol. The lowest BCUT2D eigenvalue weighted by Crippen LogP contribution is -2.37. The smallest absolute Gasteiger partial charge is 0.305 e. The summed E-state index contributed by atoms with van der Waals surface area (Å²) in [5.41, 5.74) is 4.27. The molecule has 0 amide bonds. The highest BCUT2D eigenvalue weighted by molar-refractivity contribution is 5.79. The number of nitrogens with one attached hydrogen (secondary N) is 2. The van der Waals surface area contributed by atoms with Gasteiger partial charge in [0.2, 0.25) is 0 Å². The van der Waals surface area contributed by atoms with E-state index in [2.05, 4.69) is 38.9 Å². The minimum absolute atomic E-state index is 0.166. The molecule has 0 aliphatic carbocycles. The number of aliphatic imine (C=N–C) groups is 1. The van der Waals surface area contributed by atoms with Crippen LogP contribution in [0.2, 0.25) is 0 Å². The summed E-state index contributed by atoms with van der Waals surface area (Å²) in [4.78, 5) is 15.6. The number of rotatable bonds is 8. The Morgan fingerprint density at radius 1 is 1.26 bits per heavy atom. The number of guanidine groups is 1. The fraction of sp³-hybridized carbons (Fsp3) is 0.450. The Kier molecular flexibility index (Phi) is 7.85. The number of benzene rings is 1. The van der Waals surface area contributed by atoms with Gasteiger partial charge in [-0.15, -0.1) is 0 Å². The van der Waals surface area contributed by atoms with Crippen molar-refractivity contribution in [2.75, 3.05) is 20.2 Å². The molecular weight excluding hydrogens is 342 g/mol.